The molecule has 4 rings (SSSR count). The number of sulfonamides is 1. The number of likely N-dealkylation sites (tertiary alicyclic amines) is 1. The van der Waals surface area contributed by atoms with E-state index in [1.807, 2.05) is 17.7 Å². The summed E-state index contributed by atoms with van der Waals surface area (Å²) in [5.41, 5.74) is 0.126. The second-order valence-corrected chi connectivity index (χ2v) is 11.5. The van der Waals surface area contributed by atoms with Crippen molar-refractivity contribution >= 4 is 15.9 Å². The van der Waals surface area contributed by atoms with Gasteiger partial charge < -0.3 is 10.0 Å². The highest BCUT2D eigenvalue weighted by Crippen LogP contribution is 2.41. The van der Waals surface area contributed by atoms with E-state index >= 15 is 13.2 Å². The first-order valence-electron chi connectivity index (χ1n) is 11.6. The van der Waals surface area contributed by atoms with Gasteiger partial charge in [0.1, 0.15) is 17.5 Å². The minimum absolute atomic E-state index is 0.0748. The number of hydrogen-bond acceptors (Lipinski definition) is 4. The number of carbonyl (C=O) groups is 1. The number of amides is 1. The van der Waals surface area contributed by atoms with Crippen molar-refractivity contribution < 1.29 is 31.5 Å². The Morgan fingerprint density at radius 2 is 1.89 bits per heavy atom. The number of aliphatic hydroxyl groups is 1. The number of aryl methyl sites for hydroxylation is 1. The number of benzene rings is 2. The Kier molecular flexibility index (Phi) is 6.76. The quantitative estimate of drug-likeness (QED) is 0.598. The minimum Gasteiger partial charge on any atom is -0.380 e. The van der Waals surface area contributed by atoms with E-state index in [2.05, 4.69) is 0 Å². The second kappa shape index (κ2) is 9.22. The molecule has 0 spiro atoms. The standard InChI is InChI=1S/C25H29F3N2O4S/c1-3-35(33,34)29-22-20(30(15-25(22,27)28)23(31)24(32)11-6-12-24)14-18-9-5-10-19(21(18)26)17-8-4-7-16(2)13-17/h4-5,7-10,13,20,22,29,32H,3,6,11-12,14-15H2,1-2H3/t20-,22+/m0/s1. The number of nitrogens with zero attached hydrogens (tertiary/aromatic N) is 1. The van der Waals surface area contributed by atoms with Crippen LogP contribution in [-0.2, 0) is 21.2 Å². The summed E-state index contributed by atoms with van der Waals surface area (Å²) in [7, 11) is -4.07. The van der Waals surface area contributed by atoms with Crippen molar-refractivity contribution in [2.45, 2.75) is 63.1 Å². The predicted octanol–water partition coefficient (Wildman–Crippen LogP) is 3.41. The van der Waals surface area contributed by atoms with Crippen molar-refractivity contribution in [3.8, 4) is 11.1 Å². The van der Waals surface area contributed by atoms with Crippen molar-refractivity contribution in [1.82, 2.24) is 9.62 Å². The van der Waals surface area contributed by atoms with E-state index in [9.17, 15) is 18.3 Å². The van der Waals surface area contributed by atoms with Crippen molar-refractivity contribution in [3.63, 3.8) is 0 Å². The Hall–Kier alpha value is -2.43. The van der Waals surface area contributed by atoms with Gasteiger partial charge in [-0.25, -0.2) is 26.3 Å². The zero-order chi connectivity index (χ0) is 25.6. The highest BCUT2D eigenvalue weighted by molar-refractivity contribution is 7.89. The molecule has 0 bridgehead atoms. The minimum atomic E-state index is -4.07. The first-order chi connectivity index (χ1) is 16.4. The van der Waals surface area contributed by atoms with E-state index in [0.29, 0.717) is 12.0 Å². The highest BCUT2D eigenvalue weighted by Gasteiger charge is 2.60. The summed E-state index contributed by atoms with van der Waals surface area (Å²) in [4.78, 5) is 13.9. The molecule has 1 heterocycles. The predicted molar refractivity (Wildman–Crippen MR) is 126 cm³/mol. The van der Waals surface area contributed by atoms with Crippen LogP contribution in [0.15, 0.2) is 42.5 Å². The first kappa shape index (κ1) is 25.7. The van der Waals surface area contributed by atoms with Crippen LogP contribution in [0.25, 0.3) is 11.1 Å². The molecule has 35 heavy (non-hydrogen) atoms. The normalized spacial score (nSPS) is 23.2. The summed E-state index contributed by atoms with van der Waals surface area (Å²) < 4.78 is 72.4. The van der Waals surface area contributed by atoms with Crippen molar-refractivity contribution in [1.29, 1.82) is 0 Å². The van der Waals surface area contributed by atoms with Gasteiger partial charge in [0.2, 0.25) is 10.0 Å². The molecule has 1 aliphatic carbocycles. The van der Waals surface area contributed by atoms with E-state index in [1.165, 1.54) is 13.0 Å². The number of carbonyl (C=O) groups excluding carboxylic acids is 1. The van der Waals surface area contributed by atoms with E-state index in [-0.39, 0.29) is 30.4 Å². The van der Waals surface area contributed by atoms with Crippen LogP contribution >= 0.6 is 0 Å². The van der Waals surface area contributed by atoms with Gasteiger partial charge in [0.15, 0.2) is 0 Å². The molecule has 0 radical (unpaired) electrons. The third-order valence-electron chi connectivity index (χ3n) is 6.98. The van der Waals surface area contributed by atoms with Crippen molar-refractivity contribution in [3.05, 3.63) is 59.4 Å². The Bertz CT molecular complexity index is 1230. The maximum atomic E-state index is 15.6. The highest BCUT2D eigenvalue weighted by atomic mass is 32.2. The maximum Gasteiger partial charge on any atom is 0.283 e. The van der Waals surface area contributed by atoms with Gasteiger partial charge in [-0.2, -0.15) is 0 Å². The first-order valence-corrected chi connectivity index (χ1v) is 13.3. The molecule has 2 fully saturated rings. The fourth-order valence-corrected chi connectivity index (χ4v) is 5.67. The molecule has 1 saturated heterocycles. The summed E-state index contributed by atoms with van der Waals surface area (Å²) >= 11 is 0. The summed E-state index contributed by atoms with van der Waals surface area (Å²) in [6.07, 6.45) is 0.516. The van der Waals surface area contributed by atoms with Crippen molar-refractivity contribution in [2.24, 2.45) is 0 Å². The van der Waals surface area contributed by atoms with E-state index in [4.69, 9.17) is 0 Å². The molecule has 1 aliphatic heterocycles. The third-order valence-corrected chi connectivity index (χ3v) is 8.36. The molecule has 2 aromatic rings. The van der Waals surface area contributed by atoms with Gasteiger partial charge >= 0.3 is 0 Å². The van der Waals surface area contributed by atoms with E-state index in [0.717, 1.165) is 10.5 Å². The van der Waals surface area contributed by atoms with Crippen LogP contribution in [0.3, 0.4) is 0 Å². The lowest BCUT2D eigenvalue weighted by atomic mass is 9.79. The molecule has 0 aromatic heterocycles. The van der Waals surface area contributed by atoms with Crippen LogP contribution in [-0.4, -0.2) is 60.2 Å². The molecule has 190 valence electrons. The molecule has 0 unspecified atom stereocenters. The van der Waals surface area contributed by atoms with Crippen LogP contribution in [0.1, 0.15) is 37.3 Å². The van der Waals surface area contributed by atoms with Gasteiger partial charge in [0.05, 0.1) is 18.3 Å². The smallest absolute Gasteiger partial charge is 0.283 e. The molecule has 2 aliphatic rings. The SMILES string of the molecule is CCS(=O)(=O)N[C@@H]1[C@H](Cc2cccc(-c3cccc(C)c3)c2F)N(C(=O)C2(O)CCC2)CC1(F)F. The lowest BCUT2D eigenvalue weighted by molar-refractivity contribution is -0.162. The molecule has 1 saturated carbocycles. The average Bonchev–Trinajstić information content (AvgIpc) is 3.02. The van der Waals surface area contributed by atoms with Crippen LogP contribution in [0.4, 0.5) is 13.2 Å². The molecule has 1 amide bonds. The number of alkyl halides is 2. The lowest BCUT2D eigenvalue weighted by Gasteiger charge is -2.40. The monoisotopic (exact) mass is 510 g/mol. The van der Waals surface area contributed by atoms with Crippen LogP contribution in [0, 0.1) is 12.7 Å². The summed E-state index contributed by atoms with van der Waals surface area (Å²) in [6, 6.07) is 8.46. The van der Waals surface area contributed by atoms with Gasteiger partial charge in [0.25, 0.3) is 11.8 Å². The topological polar surface area (TPSA) is 86.7 Å². The Balaban J connectivity index is 1.74. The Morgan fingerprint density at radius 3 is 2.49 bits per heavy atom. The van der Waals surface area contributed by atoms with Crippen LogP contribution in [0.2, 0.25) is 0 Å². The zero-order valence-corrected chi connectivity index (χ0v) is 20.4. The zero-order valence-electron chi connectivity index (χ0n) is 19.6. The fourth-order valence-electron chi connectivity index (χ4n) is 4.79. The summed E-state index contributed by atoms with van der Waals surface area (Å²) in [6.45, 7) is 2.12. The summed E-state index contributed by atoms with van der Waals surface area (Å²) in [5, 5.41) is 10.6. The van der Waals surface area contributed by atoms with Gasteiger partial charge in [-0.1, -0.05) is 48.0 Å². The molecule has 10 heteroatoms. The van der Waals surface area contributed by atoms with Crippen LogP contribution < -0.4 is 4.72 Å². The second-order valence-electron chi connectivity index (χ2n) is 9.50. The third kappa shape index (κ3) is 4.96. The number of hydrogen-bond donors (Lipinski definition) is 2. The number of rotatable bonds is 7. The van der Waals surface area contributed by atoms with Gasteiger partial charge in [0, 0.05) is 5.56 Å². The van der Waals surface area contributed by atoms with E-state index < -0.39 is 57.7 Å². The number of halogens is 3. The number of nitrogens with one attached hydrogen (secondary N) is 1. The molecule has 2 atom stereocenters. The molecule has 6 nitrogen and oxygen atoms in total. The lowest BCUT2D eigenvalue weighted by Crippen LogP contribution is -2.57. The van der Waals surface area contributed by atoms with Crippen LogP contribution in [0.5, 0.6) is 0 Å². The van der Waals surface area contributed by atoms with Gasteiger partial charge in [-0.3, -0.25) is 4.79 Å². The van der Waals surface area contributed by atoms with Crippen molar-refractivity contribution in [2.75, 3.05) is 12.3 Å². The molecule has 2 aromatic carbocycles. The Morgan fingerprint density at radius 1 is 1.20 bits per heavy atom. The Labute approximate surface area is 203 Å². The maximum absolute atomic E-state index is 15.6. The average molecular weight is 511 g/mol. The molecular formula is C25H29F3N2O4S. The molecular weight excluding hydrogens is 481 g/mol. The largest absolute Gasteiger partial charge is 0.380 e. The van der Waals surface area contributed by atoms with Gasteiger partial charge in [-0.05, 0) is 50.7 Å². The van der Waals surface area contributed by atoms with Gasteiger partial charge in [-0.15, -0.1) is 0 Å². The fraction of sp³-hybridized carbons (Fsp3) is 0.480. The molecule has 2 N–H and O–H groups in total. The van der Waals surface area contributed by atoms with E-state index in [1.54, 1.807) is 30.3 Å². The summed E-state index contributed by atoms with van der Waals surface area (Å²) in [5.74, 6) is -5.53.